The number of thioether (sulfide) groups is 1. The van der Waals surface area contributed by atoms with E-state index in [0.717, 1.165) is 44.3 Å². The lowest BCUT2D eigenvalue weighted by Crippen LogP contribution is -2.15. The lowest BCUT2D eigenvalue weighted by Gasteiger charge is -2.19. The van der Waals surface area contributed by atoms with Crippen molar-refractivity contribution in [2.75, 3.05) is 13.2 Å². The van der Waals surface area contributed by atoms with E-state index in [1.807, 2.05) is 31.2 Å². The maximum Gasteiger partial charge on any atom is 0.335 e. The van der Waals surface area contributed by atoms with Gasteiger partial charge in [-0.3, -0.25) is 0 Å². The summed E-state index contributed by atoms with van der Waals surface area (Å²) in [6, 6.07) is 12.9. The summed E-state index contributed by atoms with van der Waals surface area (Å²) in [4.78, 5) is 15.7. The van der Waals surface area contributed by atoms with Gasteiger partial charge in [0.15, 0.2) is 11.5 Å². The second-order valence-corrected chi connectivity index (χ2v) is 7.05. The van der Waals surface area contributed by atoms with Gasteiger partial charge in [-0.05, 0) is 42.3 Å². The summed E-state index contributed by atoms with van der Waals surface area (Å²) in [5.74, 6) is 1.32. The van der Waals surface area contributed by atoms with Crippen LogP contribution in [0.15, 0.2) is 47.5 Å². The summed E-state index contributed by atoms with van der Waals surface area (Å²) >= 11 is 1.64. The van der Waals surface area contributed by atoms with Gasteiger partial charge in [-0.25, -0.2) is 9.78 Å². The van der Waals surface area contributed by atoms with E-state index in [2.05, 4.69) is 6.07 Å². The first-order valence-electron chi connectivity index (χ1n) is 8.26. The quantitative estimate of drug-likeness (QED) is 0.693. The molecule has 6 heteroatoms. The molecule has 1 aromatic heterocycles. The molecule has 0 aliphatic carbocycles. The molecule has 0 saturated carbocycles. The number of hydrogen-bond acceptors (Lipinski definition) is 5. The largest absolute Gasteiger partial charge is 0.486 e. The highest BCUT2D eigenvalue weighted by Gasteiger charge is 2.14. The molecule has 132 valence electrons. The fourth-order valence-electron chi connectivity index (χ4n) is 2.84. The molecule has 0 radical (unpaired) electrons. The van der Waals surface area contributed by atoms with Gasteiger partial charge in [0.05, 0.1) is 16.1 Å². The lowest BCUT2D eigenvalue weighted by molar-refractivity contribution is 0.0697. The normalized spacial score (nSPS) is 13.0. The Kier molecular flexibility index (Phi) is 4.42. The summed E-state index contributed by atoms with van der Waals surface area (Å²) in [5, 5.41) is 11.0. The molecule has 0 amide bonds. The van der Waals surface area contributed by atoms with E-state index < -0.39 is 5.97 Å². The molecule has 0 saturated heterocycles. The molecule has 1 aliphatic heterocycles. The minimum Gasteiger partial charge on any atom is -0.486 e. The fourth-order valence-corrected chi connectivity index (χ4v) is 3.79. The van der Waals surface area contributed by atoms with Crippen LogP contribution in [0, 0.1) is 6.92 Å². The van der Waals surface area contributed by atoms with E-state index in [0.29, 0.717) is 18.8 Å². The predicted molar refractivity (Wildman–Crippen MR) is 100 cm³/mol. The topological polar surface area (TPSA) is 68.7 Å². The average Bonchev–Trinajstić information content (AvgIpc) is 2.65. The van der Waals surface area contributed by atoms with Crippen molar-refractivity contribution in [3.8, 4) is 11.5 Å². The van der Waals surface area contributed by atoms with Gasteiger partial charge in [0.25, 0.3) is 0 Å². The number of ether oxygens (including phenoxy) is 2. The summed E-state index contributed by atoms with van der Waals surface area (Å²) < 4.78 is 11.3. The van der Waals surface area contributed by atoms with Crippen molar-refractivity contribution in [3.05, 3.63) is 59.2 Å². The van der Waals surface area contributed by atoms with Crippen LogP contribution in [0.1, 0.15) is 21.5 Å². The van der Waals surface area contributed by atoms with Crippen molar-refractivity contribution in [2.24, 2.45) is 0 Å². The smallest absolute Gasteiger partial charge is 0.335 e. The Balaban J connectivity index is 1.57. The highest BCUT2D eigenvalue weighted by Crippen LogP contribution is 2.36. The summed E-state index contributed by atoms with van der Waals surface area (Å²) in [7, 11) is 0. The van der Waals surface area contributed by atoms with E-state index in [-0.39, 0.29) is 0 Å². The molecular weight excluding hydrogens is 350 g/mol. The zero-order valence-electron chi connectivity index (χ0n) is 14.2. The van der Waals surface area contributed by atoms with E-state index in [1.54, 1.807) is 23.9 Å². The first kappa shape index (κ1) is 16.7. The van der Waals surface area contributed by atoms with Gasteiger partial charge in [0.2, 0.25) is 0 Å². The van der Waals surface area contributed by atoms with E-state index in [4.69, 9.17) is 19.6 Å². The van der Waals surface area contributed by atoms with Gasteiger partial charge in [-0.1, -0.05) is 12.1 Å². The Hall–Kier alpha value is -2.73. The molecule has 0 bridgehead atoms. The van der Waals surface area contributed by atoms with Crippen LogP contribution in [0.4, 0.5) is 0 Å². The van der Waals surface area contributed by atoms with Crippen LogP contribution < -0.4 is 9.47 Å². The summed E-state index contributed by atoms with van der Waals surface area (Å²) in [6.45, 7) is 3.16. The molecule has 26 heavy (non-hydrogen) atoms. The number of aromatic nitrogens is 1. The minimum absolute atomic E-state index is 0.297. The van der Waals surface area contributed by atoms with Crippen molar-refractivity contribution >= 4 is 28.6 Å². The van der Waals surface area contributed by atoms with Crippen LogP contribution in [0.3, 0.4) is 0 Å². The molecule has 3 aromatic rings. The Morgan fingerprint density at radius 2 is 1.81 bits per heavy atom. The second kappa shape index (κ2) is 6.88. The lowest BCUT2D eigenvalue weighted by atomic mass is 10.1. The van der Waals surface area contributed by atoms with Crippen LogP contribution in [-0.2, 0) is 5.75 Å². The number of carboxylic acids is 1. The van der Waals surface area contributed by atoms with Gasteiger partial charge in [0.1, 0.15) is 13.2 Å². The number of rotatable bonds is 4. The molecule has 0 unspecified atom stereocenters. The molecule has 1 aliphatic rings. The Bertz CT molecular complexity index is 985. The number of carbonyl (C=O) groups is 1. The molecule has 0 atom stereocenters. The van der Waals surface area contributed by atoms with Gasteiger partial charge in [-0.2, -0.15) is 0 Å². The number of aromatic carboxylic acids is 1. The molecule has 2 aromatic carbocycles. The maximum absolute atomic E-state index is 10.9. The number of carboxylic acid groups (broad SMARTS) is 1. The third-order valence-corrected chi connectivity index (χ3v) is 5.36. The Morgan fingerprint density at radius 1 is 1.12 bits per heavy atom. The number of hydrogen-bond donors (Lipinski definition) is 1. The van der Waals surface area contributed by atoms with Crippen molar-refractivity contribution in [1.29, 1.82) is 0 Å². The monoisotopic (exact) mass is 367 g/mol. The minimum atomic E-state index is -0.911. The van der Waals surface area contributed by atoms with E-state index in [9.17, 15) is 4.79 Å². The van der Waals surface area contributed by atoms with Gasteiger partial charge < -0.3 is 14.6 Å². The van der Waals surface area contributed by atoms with Crippen LogP contribution in [0.5, 0.6) is 11.5 Å². The van der Waals surface area contributed by atoms with E-state index >= 15 is 0 Å². The number of fused-ring (bicyclic) bond motifs is 2. The zero-order chi connectivity index (χ0) is 18.1. The Labute approximate surface area is 155 Å². The molecular formula is C20H17NO4S. The second-order valence-electron chi connectivity index (χ2n) is 6.09. The van der Waals surface area contributed by atoms with Crippen molar-refractivity contribution in [1.82, 2.24) is 4.98 Å². The third kappa shape index (κ3) is 3.32. The number of pyridine rings is 1. The predicted octanol–water partition coefficient (Wildman–Crippen LogP) is 4.30. The summed E-state index contributed by atoms with van der Waals surface area (Å²) in [6.07, 6.45) is 0. The van der Waals surface area contributed by atoms with Gasteiger partial charge in [-0.15, -0.1) is 11.8 Å². The Morgan fingerprint density at radius 3 is 2.50 bits per heavy atom. The zero-order valence-corrected chi connectivity index (χ0v) is 15.0. The number of benzene rings is 2. The SMILES string of the molecule is Cc1cc2cc3c(cc2nc1SCc1ccc(C(=O)O)cc1)OCCO3. The molecule has 4 rings (SSSR count). The highest BCUT2D eigenvalue weighted by atomic mass is 32.2. The van der Waals surface area contributed by atoms with Crippen LogP contribution in [-0.4, -0.2) is 29.3 Å². The first-order chi connectivity index (χ1) is 12.6. The molecule has 5 nitrogen and oxygen atoms in total. The standard InChI is InChI=1S/C20H17NO4S/c1-12-8-15-9-17-18(25-7-6-24-17)10-16(15)21-19(12)26-11-13-2-4-14(5-3-13)20(22)23/h2-5,8-10H,6-7,11H2,1H3,(H,22,23). The third-order valence-electron chi connectivity index (χ3n) is 4.20. The molecule has 1 N–H and O–H groups in total. The first-order valence-corrected chi connectivity index (χ1v) is 9.25. The van der Waals surface area contributed by atoms with Crippen LogP contribution in [0.25, 0.3) is 10.9 Å². The van der Waals surface area contributed by atoms with Crippen LogP contribution in [0.2, 0.25) is 0 Å². The molecule has 2 heterocycles. The van der Waals surface area contributed by atoms with Crippen molar-refractivity contribution in [2.45, 2.75) is 17.7 Å². The number of aryl methyl sites for hydroxylation is 1. The highest BCUT2D eigenvalue weighted by molar-refractivity contribution is 7.98. The number of nitrogens with zero attached hydrogens (tertiary/aromatic N) is 1. The van der Waals surface area contributed by atoms with Crippen LogP contribution >= 0.6 is 11.8 Å². The average molecular weight is 367 g/mol. The van der Waals surface area contributed by atoms with Gasteiger partial charge in [0, 0.05) is 17.2 Å². The van der Waals surface area contributed by atoms with E-state index in [1.165, 1.54) is 0 Å². The fraction of sp³-hybridized carbons (Fsp3) is 0.200. The molecule has 0 fully saturated rings. The van der Waals surface area contributed by atoms with Crippen molar-refractivity contribution < 1.29 is 19.4 Å². The maximum atomic E-state index is 10.9. The van der Waals surface area contributed by atoms with Gasteiger partial charge >= 0.3 is 5.97 Å². The van der Waals surface area contributed by atoms with Crippen molar-refractivity contribution in [3.63, 3.8) is 0 Å². The summed E-state index contributed by atoms with van der Waals surface area (Å²) in [5.41, 5.74) is 3.33. The molecule has 0 spiro atoms.